The van der Waals surface area contributed by atoms with Crippen LogP contribution in [0.5, 0.6) is 5.75 Å². The van der Waals surface area contributed by atoms with Crippen LogP contribution in [0.15, 0.2) is 65.7 Å². The van der Waals surface area contributed by atoms with Crippen LogP contribution in [0.2, 0.25) is 0 Å². The summed E-state index contributed by atoms with van der Waals surface area (Å²) < 4.78 is 61.2. The fraction of sp³-hybridized carbons (Fsp3) is 0.296. The third-order valence-electron chi connectivity index (χ3n) is 6.52. The Hall–Kier alpha value is -3.48. The molecule has 0 atom stereocenters. The van der Waals surface area contributed by atoms with Crippen LogP contribution in [0.1, 0.15) is 25.5 Å². The first-order valence-electron chi connectivity index (χ1n) is 12.5. The van der Waals surface area contributed by atoms with Gasteiger partial charge in [-0.05, 0) is 62.2 Å². The summed E-state index contributed by atoms with van der Waals surface area (Å²) in [5.41, 5.74) is 1.42. The maximum absolute atomic E-state index is 14.2. The van der Waals surface area contributed by atoms with Gasteiger partial charge >= 0.3 is 0 Å². The maximum atomic E-state index is 14.2. The number of benzene rings is 2. The zero-order valence-corrected chi connectivity index (χ0v) is 22.7. The molecule has 39 heavy (non-hydrogen) atoms. The maximum Gasteiger partial charge on any atom is 0.245 e. The summed E-state index contributed by atoms with van der Waals surface area (Å²) in [7, 11) is -4.17. The van der Waals surface area contributed by atoms with Gasteiger partial charge in [0, 0.05) is 31.3 Å². The first-order valence-corrected chi connectivity index (χ1v) is 14.7. The van der Waals surface area contributed by atoms with Crippen LogP contribution in [-0.2, 0) is 21.4 Å². The van der Waals surface area contributed by atoms with Gasteiger partial charge in [-0.25, -0.2) is 22.2 Å². The lowest BCUT2D eigenvalue weighted by Crippen LogP contribution is -2.44. The lowest BCUT2D eigenvalue weighted by atomic mass is 9.96. The summed E-state index contributed by atoms with van der Waals surface area (Å²) >= 11 is 1.37. The van der Waals surface area contributed by atoms with E-state index < -0.39 is 32.5 Å². The normalized spacial score (nSPS) is 14.9. The number of ether oxygens (including phenoxy) is 1. The van der Waals surface area contributed by atoms with E-state index in [0.717, 1.165) is 26.7 Å². The van der Waals surface area contributed by atoms with Crippen molar-refractivity contribution in [1.29, 1.82) is 0 Å². The average Bonchev–Trinajstić information content (AvgIpc) is 3.35. The Morgan fingerprint density at radius 1 is 1.13 bits per heavy atom. The lowest BCUT2D eigenvalue weighted by molar-refractivity contribution is -0.123. The Kier molecular flexibility index (Phi) is 7.87. The first kappa shape index (κ1) is 27.1. The number of piperidine rings is 1. The number of anilines is 1. The van der Waals surface area contributed by atoms with Crippen LogP contribution >= 0.6 is 11.3 Å². The highest BCUT2D eigenvalue weighted by Gasteiger charge is 2.36. The van der Waals surface area contributed by atoms with Crippen molar-refractivity contribution in [3.8, 4) is 5.75 Å². The Balaban J connectivity index is 1.37. The predicted molar refractivity (Wildman–Crippen MR) is 144 cm³/mol. The molecule has 0 bridgehead atoms. The highest BCUT2D eigenvalue weighted by atomic mass is 32.2. The molecule has 2 aromatic carbocycles. The fourth-order valence-corrected chi connectivity index (χ4v) is 7.06. The summed E-state index contributed by atoms with van der Waals surface area (Å²) in [6.45, 7) is 2.71. The molecule has 204 valence electrons. The van der Waals surface area contributed by atoms with E-state index in [4.69, 9.17) is 9.72 Å². The van der Waals surface area contributed by atoms with E-state index in [-0.39, 0.29) is 38.4 Å². The van der Waals surface area contributed by atoms with Crippen molar-refractivity contribution in [1.82, 2.24) is 14.3 Å². The molecule has 0 saturated carbocycles. The number of thiazole rings is 1. The number of hydrogen-bond donors (Lipinski definition) is 0. The molecule has 12 heteroatoms. The highest BCUT2D eigenvalue weighted by Crippen LogP contribution is 2.34. The molecule has 1 amide bonds. The first-order chi connectivity index (χ1) is 18.8. The Morgan fingerprint density at radius 3 is 2.62 bits per heavy atom. The number of aromatic nitrogens is 2. The van der Waals surface area contributed by atoms with Gasteiger partial charge in [0.15, 0.2) is 5.13 Å². The number of fused-ring (bicyclic) bond motifs is 1. The SMILES string of the molecule is CCOc1ccc2nc(N(Cc3ccccn3)C(=O)C3CCN(S(=O)(=O)c4ccc(F)cc4F)CC3)sc2c1. The van der Waals surface area contributed by atoms with Gasteiger partial charge < -0.3 is 4.74 Å². The van der Waals surface area contributed by atoms with Gasteiger partial charge in [-0.3, -0.25) is 14.7 Å². The molecule has 0 unspecified atom stereocenters. The molecule has 1 aliphatic rings. The van der Waals surface area contributed by atoms with E-state index in [1.807, 2.05) is 37.3 Å². The molecule has 5 rings (SSSR count). The van der Waals surface area contributed by atoms with Gasteiger partial charge in [-0.1, -0.05) is 17.4 Å². The van der Waals surface area contributed by atoms with Crippen LogP contribution < -0.4 is 9.64 Å². The van der Waals surface area contributed by atoms with Crippen LogP contribution in [0.25, 0.3) is 10.2 Å². The van der Waals surface area contributed by atoms with Gasteiger partial charge in [0.25, 0.3) is 0 Å². The molecule has 8 nitrogen and oxygen atoms in total. The van der Waals surface area contributed by atoms with Crippen molar-refractivity contribution in [2.75, 3.05) is 24.6 Å². The Morgan fingerprint density at radius 2 is 1.92 bits per heavy atom. The number of sulfonamides is 1. The second-order valence-corrected chi connectivity index (χ2v) is 12.0. The van der Waals surface area contributed by atoms with Crippen molar-refractivity contribution >= 4 is 42.6 Å². The molecule has 0 radical (unpaired) electrons. The second kappa shape index (κ2) is 11.3. The predicted octanol–water partition coefficient (Wildman–Crippen LogP) is 5.00. The monoisotopic (exact) mass is 572 g/mol. The van der Waals surface area contributed by atoms with Crippen molar-refractivity contribution < 1.29 is 26.7 Å². The number of pyridine rings is 1. The molecule has 0 spiro atoms. The molecule has 0 aliphatic carbocycles. The number of hydrogen-bond acceptors (Lipinski definition) is 7. The topological polar surface area (TPSA) is 92.7 Å². The minimum atomic E-state index is -4.17. The minimum absolute atomic E-state index is 0.0323. The highest BCUT2D eigenvalue weighted by molar-refractivity contribution is 7.89. The fourth-order valence-electron chi connectivity index (χ4n) is 4.55. The quantitative estimate of drug-likeness (QED) is 0.295. The number of amides is 1. The van der Waals surface area contributed by atoms with E-state index in [1.54, 1.807) is 17.2 Å². The summed E-state index contributed by atoms with van der Waals surface area (Å²) in [4.78, 5) is 23.9. The number of rotatable bonds is 8. The number of carbonyl (C=O) groups is 1. The minimum Gasteiger partial charge on any atom is -0.494 e. The Bertz CT molecular complexity index is 1590. The average molecular weight is 573 g/mol. The van der Waals surface area contributed by atoms with E-state index >= 15 is 0 Å². The molecule has 1 aliphatic heterocycles. The number of carbonyl (C=O) groups excluding carboxylic acids is 1. The molecule has 4 aromatic rings. The number of halogens is 2. The molecule has 1 fully saturated rings. The van der Waals surface area contributed by atoms with Crippen LogP contribution in [0, 0.1) is 17.6 Å². The van der Waals surface area contributed by atoms with Gasteiger partial charge in [0.1, 0.15) is 22.3 Å². The molecule has 0 N–H and O–H groups in total. The van der Waals surface area contributed by atoms with Gasteiger partial charge in [0.05, 0.1) is 29.1 Å². The van der Waals surface area contributed by atoms with Crippen LogP contribution in [0.3, 0.4) is 0 Å². The largest absolute Gasteiger partial charge is 0.494 e. The summed E-state index contributed by atoms with van der Waals surface area (Å²) in [6.07, 6.45) is 2.15. The molecular formula is C27H26F2N4O4S2. The smallest absolute Gasteiger partial charge is 0.245 e. The lowest BCUT2D eigenvalue weighted by Gasteiger charge is -2.33. The van der Waals surface area contributed by atoms with Gasteiger partial charge in [-0.15, -0.1) is 0 Å². The van der Waals surface area contributed by atoms with Gasteiger partial charge in [0.2, 0.25) is 15.9 Å². The molecule has 1 saturated heterocycles. The van der Waals surface area contributed by atoms with E-state index in [2.05, 4.69) is 4.98 Å². The van der Waals surface area contributed by atoms with Crippen molar-refractivity contribution in [2.45, 2.75) is 31.2 Å². The summed E-state index contributed by atoms with van der Waals surface area (Å²) in [5.74, 6) is -1.93. The molecular weight excluding hydrogens is 546 g/mol. The zero-order chi connectivity index (χ0) is 27.6. The standard InChI is InChI=1S/C27H26F2N4O4S2/c1-2-37-21-7-8-23-24(16-21)38-27(31-23)33(17-20-5-3-4-12-30-20)26(34)18-10-13-32(14-11-18)39(35,36)25-9-6-19(28)15-22(25)29/h3-9,12,15-16,18H,2,10-11,13-14,17H2,1H3. The van der Waals surface area contributed by atoms with Crippen molar-refractivity contribution in [3.63, 3.8) is 0 Å². The Labute approximate surface area is 228 Å². The summed E-state index contributed by atoms with van der Waals surface area (Å²) in [6, 6.07) is 13.4. The zero-order valence-electron chi connectivity index (χ0n) is 21.1. The van der Waals surface area contributed by atoms with Crippen molar-refractivity contribution in [3.05, 3.63) is 78.1 Å². The van der Waals surface area contributed by atoms with Crippen LogP contribution in [0.4, 0.5) is 13.9 Å². The third-order valence-corrected chi connectivity index (χ3v) is 9.49. The second-order valence-electron chi connectivity index (χ2n) is 9.06. The van der Waals surface area contributed by atoms with Crippen LogP contribution in [-0.4, -0.2) is 48.3 Å². The van der Waals surface area contributed by atoms with Crippen molar-refractivity contribution in [2.24, 2.45) is 5.92 Å². The van der Waals surface area contributed by atoms with Gasteiger partial charge in [-0.2, -0.15) is 4.31 Å². The van der Waals surface area contributed by atoms with E-state index in [0.29, 0.717) is 29.2 Å². The summed E-state index contributed by atoms with van der Waals surface area (Å²) in [5, 5.41) is 0.512. The van der Waals surface area contributed by atoms with E-state index in [9.17, 15) is 22.0 Å². The van der Waals surface area contributed by atoms with E-state index in [1.165, 1.54) is 11.3 Å². The molecule has 3 heterocycles. The third kappa shape index (κ3) is 5.77. The molecule has 2 aromatic heterocycles. The number of nitrogens with zero attached hydrogens (tertiary/aromatic N) is 4.